The van der Waals surface area contributed by atoms with Gasteiger partial charge in [-0.3, -0.25) is 14.6 Å². The topological polar surface area (TPSA) is 82.0 Å². The number of aliphatic carboxylic acids is 1. The number of carboxylic acid groups (broad SMARTS) is 1. The van der Waals surface area contributed by atoms with E-state index in [0.29, 0.717) is 33.8 Å². The molecule has 0 saturated heterocycles. The molecule has 7 heteroatoms. The van der Waals surface area contributed by atoms with E-state index in [-0.39, 0.29) is 12.3 Å². The molecule has 0 aliphatic carbocycles. The number of nitrogens with one attached hydrogen (secondary N) is 1. The Morgan fingerprint density at radius 3 is 2.58 bits per heavy atom. The molecule has 1 aliphatic heterocycles. The fourth-order valence-corrected chi connectivity index (χ4v) is 4.05. The Balaban J connectivity index is 1.85. The van der Waals surface area contributed by atoms with Crippen molar-refractivity contribution in [2.24, 2.45) is 4.99 Å². The molecule has 0 saturated carbocycles. The van der Waals surface area contributed by atoms with Crippen molar-refractivity contribution in [2.45, 2.75) is 18.9 Å². The quantitative estimate of drug-likeness (QED) is 0.529. The number of carboxylic acids is 1. The van der Waals surface area contributed by atoms with Gasteiger partial charge in [-0.25, -0.2) is 4.39 Å². The van der Waals surface area contributed by atoms with Crippen LogP contribution in [-0.2, 0) is 22.6 Å². The summed E-state index contributed by atoms with van der Waals surface area (Å²) in [7, 11) is 3.96. The summed E-state index contributed by atoms with van der Waals surface area (Å²) in [6.45, 7) is 0.735. The van der Waals surface area contributed by atoms with Gasteiger partial charge < -0.3 is 15.3 Å². The van der Waals surface area contributed by atoms with E-state index < -0.39 is 17.7 Å². The van der Waals surface area contributed by atoms with E-state index in [9.17, 15) is 19.1 Å². The maximum atomic E-state index is 13.8. The summed E-state index contributed by atoms with van der Waals surface area (Å²) in [6, 6.07) is 19.0. The molecule has 1 amide bonds. The van der Waals surface area contributed by atoms with Crippen molar-refractivity contribution in [1.29, 1.82) is 0 Å². The third kappa shape index (κ3) is 5.15. The summed E-state index contributed by atoms with van der Waals surface area (Å²) in [5, 5.41) is 12.0. The Bertz CT molecular complexity index is 1250. The number of nitrogens with zero attached hydrogens (tertiary/aromatic N) is 2. The molecule has 0 radical (unpaired) electrons. The summed E-state index contributed by atoms with van der Waals surface area (Å²) in [5.41, 5.74) is 4.52. The largest absolute Gasteiger partial charge is 0.481 e. The van der Waals surface area contributed by atoms with Crippen molar-refractivity contribution in [2.75, 3.05) is 19.4 Å². The monoisotopic (exact) mass is 445 g/mol. The zero-order valence-electron chi connectivity index (χ0n) is 18.4. The SMILES string of the molecule is CN(C)Cc1cccc(N=C(c2cccc(CC(=O)O)c2)C2C(=O)Nc3cc(F)ccc32)c1. The summed E-state index contributed by atoms with van der Waals surface area (Å²) >= 11 is 0. The molecule has 2 N–H and O–H groups in total. The summed E-state index contributed by atoms with van der Waals surface area (Å²) < 4.78 is 13.8. The second-order valence-corrected chi connectivity index (χ2v) is 8.33. The average Bonchev–Trinajstić information content (AvgIpc) is 3.06. The predicted molar refractivity (Wildman–Crippen MR) is 126 cm³/mol. The van der Waals surface area contributed by atoms with Gasteiger partial charge in [0.05, 0.1) is 17.8 Å². The molecule has 6 nitrogen and oxygen atoms in total. The van der Waals surface area contributed by atoms with Crippen LogP contribution >= 0.6 is 0 Å². The van der Waals surface area contributed by atoms with Gasteiger partial charge in [-0.1, -0.05) is 36.4 Å². The van der Waals surface area contributed by atoms with Crippen LogP contribution in [0.4, 0.5) is 15.8 Å². The number of anilines is 1. The van der Waals surface area contributed by atoms with E-state index in [2.05, 4.69) is 5.32 Å². The van der Waals surface area contributed by atoms with Crippen LogP contribution in [0.1, 0.15) is 28.2 Å². The van der Waals surface area contributed by atoms with Crippen LogP contribution in [0.3, 0.4) is 0 Å². The van der Waals surface area contributed by atoms with E-state index >= 15 is 0 Å². The lowest BCUT2D eigenvalue weighted by Gasteiger charge is -2.15. The van der Waals surface area contributed by atoms with Crippen molar-refractivity contribution >= 4 is 29.0 Å². The van der Waals surface area contributed by atoms with Crippen LogP contribution in [-0.4, -0.2) is 41.7 Å². The lowest BCUT2D eigenvalue weighted by Crippen LogP contribution is -2.22. The second-order valence-electron chi connectivity index (χ2n) is 8.33. The molecule has 3 aromatic carbocycles. The summed E-state index contributed by atoms with van der Waals surface area (Å²) in [5.74, 6) is -2.44. The molecule has 0 bridgehead atoms. The number of aliphatic imine (C=N–C) groups is 1. The number of amides is 1. The van der Waals surface area contributed by atoms with E-state index in [1.165, 1.54) is 12.1 Å². The highest BCUT2D eigenvalue weighted by Crippen LogP contribution is 2.37. The van der Waals surface area contributed by atoms with E-state index in [0.717, 1.165) is 12.1 Å². The van der Waals surface area contributed by atoms with Gasteiger partial charge in [0.25, 0.3) is 0 Å². The van der Waals surface area contributed by atoms with Crippen LogP contribution < -0.4 is 5.32 Å². The van der Waals surface area contributed by atoms with Gasteiger partial charge in [-0.2, -0.15) is 0 Å². The van der Waals surface area contributed by atoms with Gasteiger partial charge in [0.15, 0.2) is 0 Å². The number of benzene rings is 3. The maximum Gasteiger partial charge on any atom is 0.307 e. The molecule has 0 fully saturated rings. The molecule has 3 aromatic rings. The van der Waals surface area contributed by atoms with Gasteiger partial charge in [-0.15, -0.1) is 0 Å². The van der Waals surface area contributed by atoms with Gasteiger partial charge in [0.1, 0.15) is 11.7 Å². The first-order valence-electron chi connectivity index (χ1n) is 10.5. The minimum Gasteiger partial charge on any atom is -0.481 e. The van der Waals surface area contributed by atoms with Gasteiger partial charge in [0.2, 0.25) is 5.91 Å². The molecule has 1 atom stereocenters. The Kier molecular flexibility index (Phi) is 6.33. The lowest BCUT2D eigenvalue weighted by molar-refractivity contribution is -0.136. The van der Waals surface area contributed by atoms with E-state index in [1.807, 2.05) is 49.3 Å². The first kappa shape index (κ1) is 22.4. The van der Waals surface area contributed by atoms with Crippen LogP contribution in [0, 0.1) is 5.82 Å². The summed E-state index contributed by atoms with van der Waals surface area (Å²) in [4.78, 5) is 31.2. The molecule has 1 unspecified atom stereocenters. The highest BCUT2D eigenvalue weighted by molar-refractivity contribution is 6.24. The number of carbonyl (C=O) groups excluding carboxylic acids is 1. The number of carbonyl (C=O) groups is 2. The third-order valence-electron chi connectivity index (χ3n) is 5.36. The van der Waals surface area contributed by atoms with Gasteiger partial charge in [0, 0.05) is 12.2 Å². The molecule has 33 heavy (non-hydrogen) atoms. The van der Waals surface area contributed by atoms with Crippen LogP contribution in [0.15, 0.2) is 71.7 Å². The predicted octanol–water partition coefficient (Wildman–Crippen LogP) is 4.37. The molecular weight excluding hydrogens is 421 g/mol. The normalized spacial score (nSPS) is 15.5. The molecule has 4 rings (SSSR count). The molecule has 0 spiro atoms. The number of fused-ring (bicyclic) bond motifs is 1. The fourth-order valence-electron chi connectivity index (χ4n) is 4.05. The van der Waals surface area contributed by atoms with Gasteiger partial charge in [-0.05, 0) is 66.7 Å². The molecule has 168 valence electrons. The van der Waals surface area contributed by atoms with Crippen molar-refractivity contribution < 1.29 is 19.1 Å². The fraction of sp³-hybridized carbons (Fsp3) is 0.192. The minimum absolute atomic E-state index is 0.141. The van der Waals surface area contributed by atoms with E-state index in [4.69, 9.17) is 4.99 Å². The van der Waals surface area contributed by atoms with Crippen LogP contribution in [0.5, 0.6) is 0 Å². The molecule has 1 aliphatic rings. The number of rotatable bonds is 7. The Labute approximate surface area is 191 Å². The molecule has 1 heterocycles. The van der Waals surface area contributed by atoms with Crippen molar-refractivity contribution in [3.63, 3.8) is 0 Å². The minimum atomic E-state index is -0.943. The number of hydrogen-bond donors (Lipinski definition) is 2. The maximum absolute atomic E-state index is 13.8. The molecule has 0 aromatic heterocycles. The Morgan fingerprint density at radius 1 is 1.06 bits per heavy atom. The first-order valence-corrected chi connectivity index (χ1v) is 10.5. The first-order chi connectivity index (χ1) is 15.8. The highest BCUT2D eigenvalue weighted by atomic mass is 19.1. The summed E-state index contributed by atoms with van der Waals surface area (Å²) in [6.07, 6.45) is -0.141. The zero-order chi connectivity index (χ0) is 23.5. The standard InChI is InChI=1S/C26H24FN3O3/c1-30(2)15-17-6-4-8-20(12-17)28-25(18-7-3-5-16(11-18)13-23(31)32)24-21-10-9-19(27)14-22(21)29-26(24)33/h3-12,14,24H,13,15H2,1-2H3,(H,29,33)(H,31,32). The third-order valence-corrected chi connectivity index (χ3v) is 5.36. The number of hydrogen-bond acceptors (Lipinski definition) is 4. The van der Waals surface area contributed by atoms with Crippen LogP contribution in [0.25, 0.3) is 0 Å². The van der Waals surface area contributed by atoms with Crippen molar-refractivity contribution in [1.82, 2.24) is 4.90 Å². The Hall–Kier alpha value is -3.84. The Morgan fingerprint density at radius 2 is 1.82 bits per heavy atom. The second kappa shape index (κ2) is 9.34. The van der Waals surface area contributed by atoms with Crippen LogP contribution in [0.2, 0.25) is 0 Å². The van der Waals surface area contributed by atoms with Gasteiger partial charge >= 0.3 is 5.97 Å². The molecular formula is C26H24FN3O3. The van der Waals surface area contributed by atoms with Crippen molar-refractivity contribution in [3.8, 4) is 0 Å². The number of halogens is 1. The highest BCUT2D eigenvalue weighted by Gasteiger charge is 2.35. The zero-order valence-corrected chi connectivity index (χ0v) is 18.4. The average molecular weight is 445 g/mol. The van der Waals surface area contributed by atoms with E-state index in [1.54, 1.807) is 24.3 Å². The lowest BCUT2D eigenvalue weighted by atomic mass is 9.89. The van der Waals surface area contributed by atoms with Crippen molar-refractivity contribution in [3.05, 3.63) is 94.8 Å². The smallest absolute Gasteiger partial charge is 0.307 e.